The average Bonchev–Trinajstić information content (AvgIpc) is 3.02. The summed E-state index contributed by atoms with van der Waals surface area (Å²) < 4.78 is 5.73. The van der Waals surface area contributed by atoms with Crippen LogP contribution in [0.1, 0.15) is 30.9 Å². The fraction of sp³-hybridized carbons (Fsp3) is 0.160. The SMILES string of the molecule is CCCCOc1ccc(/C=C2/C(=O)N(c3ccccc3)c3ccccc32)cc1. The molecule has 3 aromatic carbocycles. The Balaban J connectivity index is 1.65. The van der Waals surface area contributed by atoms with Crippen molar-refractivity contribution in [2.45, 2.75) is 19.8 Å². The van der Waals surface area contributed by atoms with Crippen molar-refractivity contribution in [3.63, 3.8) is 0 Å². The third-order valence-electron chi connectivity index (χ3n) is 4.84. The number of fused-ring (bicyclic) bond motifs is 1. The highest BCUT2D eigenvalue weighted by molar-refractivity contribution is 6.37. The molecule has 3 heteroatoms. The number of nitrogens with zero attached hydrogens (tertiary/aromatic N) is 1. The van der Waals surface area contributed by atoms with Crippen LogP contribution in [-0.4, -0.2) is 12.5 Å². The minimum absolute atomic E-state index is 0.00401. The molecule has 0 saturated carbocycles. The van der Waals surface area contributed by atoms with Gasteiger partial charge in [0, 0.05) is 11.3 Å². The summed E-state index contributed by atoms with van der Waals surface area (Å²) in [5.74, 6) is 0.857. The summed E-state index contributed by atoms with van der Waals surface area (Å²) in [7, 11) is 0. The van der Waals surface area contributed by atoms with Crippen LogP contribution in [0, 0.1) is 0 Å². The molecule has 0 bridgehead atoms. The van der Waals surface area contributed by atoms with Gasteiger partial charge in [-0.25, -0.2) is 0 Å². The molecular formula is C25H23NO2. The molecule has 140 valence electrons. The van der Waals surface area contributed by atoms with Crippen molar-refractivity contribution >= 4 is 28.9 Å². The van der Waals surface area contributed by atoms with Crippen LogP contribution in [-0.2, 0) is 4.79 Å². The third-order valence-corrected chi connectivity index (χ3v) is 4.84. The number of benzene rings is 3. The van der Waals surface area contributed by atoms with Crippen LogP contribution in [0.5, 0.6) is 5.75 Å². The number of unbranched alkanes of at least 4 members (excludes halogenated alkanes) is 1. The highest BCUT2D eigenvalue weighted by Crippen LogP contribution is 2.41. The van der Waals surface area contributed by atoms with Crippen molar-refractivity contribution in [2.24, 2.45) is 0 Å². The number of carbonyl (C=O) groups excluding carboxylic acids is 1. The first-order chi connectivity index (χ1) is 13.8. The molecule has 3 aromatic rings. The molecule has 3 nitrogen and oxygen atoms in total. The number of rotatable bonds is 6. The number of hydrogen-bond donors (Lipinski definition) is 0. The number of ether oxygens (including phenoxy) is 1. The minimum Gasteiger partial charge on any atom is -0.494 e. The molecule has 0 unspecified atom stereocenters. The molecule has 0 fully saturated rings. The minimum atomic E-state index is -0.00401. The zero-order valence-electron chi connectivity index (χ0n) is 16.0. The van der Waals surface area contributed by atoms with Gasteiger partial charge in [-0.2, -0.15) is 0 Å². The van der Waals surface area contributed by atoms with Crippen molar-refractivity contribution in [1.82, 2.24) is 0 Å². The Labute approximate surface area is 165 Å². The second-order valence-electron chi connectivity index (χ2n) is 6.82. The summed E-state index contributed by atoms with van der Waals surface area (Å²) in [6, 6.07) is 25.6. The standard InChI is InChI=1S/C25H23NO2/c1-2-3-17-28-21-15-13-19(14-16-21)18-23-22-11-7-8-12-24(22)26(25(23)27)20-9-5-4-6-10-20/h4-16,18H,2-3,17H2,1H3/b23-18+. The largest absolute Gasteiger partial charge is 0.494 e. The Kier molecular flexibility index (Phi) is 5.24. The Hall–Kier alpha value is -3.33. The molecule has 1 aliphatic rings. The molecule has 0 radical (unpaired) electrons. The first-order valence-corrected chi connectivity index (χ1v) is 9.71. The predicted octanol–water partition coefficient (Wildman–Crippen LogP) is 6.08. The normalized spacial score (nSPS) is 14.4. The lowest BCUT2D eigenvalue weighted by atomic mass is 10.0. The summed E-state index contributed by atoms with van der Waals surface area (Å²) in [6.45, 7) is 2.88. The van der Waals surface area contributed by atoms with Gasteiger partial charge in [0.25, 0.3) is 5.91 Å². The molecule has 28 heavy (non-hydrogen) atoms. The summed E-state index contributed by atoms with van der Waals surface area (Å²) >= 11 is 0. The highest BCUT2D eigenvalue weighted by Gasteiger charge is 2.32. The molecule has 0 aliphatic carbocycles. The van der Waals surface area contributed by atoms with Crippen LogP contribution in [0.4, 0.5) is 11.4 Å². The summed E-state index contributed by atoms with van der Waals surface area (Å²) in [4.78, 5) is 15.0. The van der Waals surface area contributed by atoms with Gasteiger partial charge in [-0.05, 0) is 48.4 Å². The van der Waals surface area contributed by atoms with Crippen molar-refractivity contribution in [2.75, 3.05) is 11.5 Å². The van der Waals surface area contributed by atoms with Crippen molar-refractivity contribution in [3.05, 3.63) is 90.0 Å². The molecule has 1 aliphatic heterocycles. The number of amides is 1. The van der Waals surface area contributed by atoms with Crippen LogP contribution in [0.25, 0.3) is 11.6 Å². The third kappa shape index (κ3) is 3.56. The van der Waals surface area contributed by atoms with Gasteiger partial charge >= 0.3 is 0 Å². The van der Waals surface area contributed by atoms with E-state index in [9.17, 15) is 4.79 Å². The smallest absolute Gasteiger partial charge is 0.263 e. The molecule has 1 heterocycles. The van der Waals surface area contributed by atoms with E-state index in [4.69, 9.17) is 4.74 Å². The van der Waals surface area contributed by atoms with E-state index in [1.54, 1.807) is 4.90 Å². The van der Waals surface area contributed by atoms with Crippen LogP contribution >= 0.6 is 0 Å². The molecule has 4 rings (SSSR count). The van der Waals surface area contributed by atoms with Crippen LogP contribution in [0.2, 0.25) is 0 Å². The molecule has 0 spiro atoms. The average molecular weight is 369 g/mol. The van der Waals surface area contributed by atoms with Crippen molar-refractivity contribution in [1.29, 1.82) is 0 Å². The lowest BCUT2D eigenvalue weighted by Crippen LogP contribution is -2.20. The second-order valence-corrected chi connectivity index (χ2v) is 6.82. The number of anilines is 2. The Bertz CT molecular complexity index is 991. The molecule has 0 aromatic heterocycles. The molecule has 0 saturated heterocycles. The molecule has 1 amide bonds. The Morgan fingerprint density at radius 3 is 2.36 bits per heavy atom. The van der Waals surface area contributed by atoms with Crippen LogP contribution < -0.4 is 9.64 Å². The maximum absolute atomic E-state index is 13.2. The van der Waals surface area contributed by atoms with E-state index in [2.05, 4.69) is 6.92 Å². The van der Waals surface area contributed by atoms with E-state index in [1.165, 1.54) is 0 Å². The zero-order valence-corrected chi connectivity index (χ0v) is 16.0. The quantitative estimate of drug-likeness (QED) is 0.389. The van der Waals surface area contributed by atoms with E-state index in [1.807, 2.05) is 84.9 Å². The monoisotopic (exact) mass is 369 g/mol. The lowest BCUT2D eigenvalue weighted by Gasteiger charge is -2.16. The number of para-hydroxylation sites is 2. The Morgan fingerprint density at radius 2 is 1.61 bits per heavy atom. The lowest BCUT2D eigenvalue weighted by molar-refractivity contribution is -0.112. The van der Waals surface area contributed by atoms with Gasteiger partial charge in [-0.15, -0.1) is 0 Å². The molecular weight excluding hydrogens is 346 g/mol. The van der Waals surface area contributed by atoms with Crippen LogP contribution in [0.3, 0.4) is 0 Å². The maximum Gasteiger partial charge on any atom is 0.263 e. The number of carbonyl (C=O) groups is 1. The molecule has 0 atom stereocenters. The zero-order chi connectivity index (χ0) is 19.3. The van der Waals surface area contributed by atoms with E-state index < -0.39 is 0 Å². The topological polar surface area (TPSA) is 29.5 Å². The highest BCUT2D eigenvalue weighted by atomic mass is 16.5. The van der Waals surface area contributed by atoms with E-state index >= 15 is 0 Å². The van der Waals surface area contributed by atoms with Gasteiger partial charge in [-0.1, -0.05) is 61.9 Å². The van der Waals surface area contributed by atoms with E-state index in [0.29, 0.717) is 5.57 Å². The number of hydrogen-bond acceptors (Lipinski definition) is 2. The van der Waals surface area contributed by atoms with Gasteiger partial charge in [0.2, 0.25) is 0 Å². The van der Waals surface area contributed by atoms with Gasteiger partial charge in [0.05, 0.1) is 17.9 Å². The van der Waals surface area contributed by atoms with E-state index in [-0.39, 0.29) is 5.91 Å². The first-order valence-electron chi connectivity index (χ1n) is 9.71. The Morgan fingerprint density at radius 1 is 0.893 bits per heavy atom. The van der Waals surface area contributed by atoms with E-state index in [0.717, 1.165) is 47.7 Å². The first kappa shape index (κ1) is 18.1. The second kappa shape index (κ2) is 8.13. The fourth-order valence-electron chi connectivity index (χ4n) is 3.38. The summed E-state index contributed by atoms with van der Waals surface area (Å²) in [5.41, 5.74) is 4.45. The predicted molar refractivity (Wildman–Crippen MR) is 115 cm³/mol. The van der Waals surface area contributed by atoms with Crippen molar-refractivity contribution in [3.8, 4) is 5.75 Å². The van der Waals surface area contributed by atoms with Crippen LogP contribution in [0.15, 0.2) is 78.9 Å². The van der Waals surface area contributed by atoms with Crippen molar-refractivity contribution < 1.29 is 9.53 Å². The summed E-state index contributed by atoms with van der Waals surface area (Å²) in [6.07, 6.45) is 4.12. The van der Waals surface area contributed by atoms with Gasteiger partial charge in [-0.3, -0.25) is 9.69 Å². The fourth-order valence-corrected chi connectivity index (χ4v) is 3.38. The maximum atomic E-state index is 13.2. The van der Waals surface area contributed by atoms with Gasteiger partial charge < -0.3 is 4.74 Å². The van der Waals surface area contributed by atoms with Gasteiger partial charge in [0.1, 0.15) is 5.75 Å². The van der Waals surface area contributed by atoms with Gasteiger partial charge in [0.15, 0.2) is 0 Å². The molecule has 0 N–H and O–H groups in total. The summed E-state index contributed by atoms with van der Waals surface area (Å²) in [5, 5.41) is 0.